The van der Waals surface area contributed by atoms with Crippen LogP contribution in [0.4, 0.5) is 0 Å². The fraction of sp³-hybridized carbons (Fsp3) is 0.333. The third-order valence-electron chi connectivity index (χ3n) is 2.30. The van der Waals surface area contributed by atoms with Gasteiger partial charge in [0.05, 0.1) is 21.8 Å². The van der Waals surface area contributed by atoms with E-state index in [2.05, 4.69) is 26.2 Å². The molecule has 1 aliphatic rings. The van der Waals surface area contributed by atoms with Crippen molar-refractivity contribution < 1.29 is 9.90 Å². The third kappa shape index (κ3) is 1.53. The van der Waals surface area contributed by atoms with Crippen molar-refractivity contribution in [1.29, 1.82) is 0 Å². The van der Waals surface area contributed by atoms with Crippen LogP contribution in [-0.4, -0.2) is 22.6 Å². The minimum atomic E-state index is -0.931. The average Bonchev–Trinajstić information content (AvgIpc) is 2.04. The summed E-state index contributed by atoms with van der Waals surface area (Å²) in [6.45, 7) is 0.968. The lowest BCUT2D eigenvalue weighted by atomic mass is 10.0. The van der Waals surface area contributed by atoms with E-state index in [0.717, 1.165) is 18.7 Å². The van der Waals surface area contributed by atoms with Crippen LogP contribution in [0.15, 0.2) is 16.7 Å². The van der Waals surface area contributed by atoms with Gasteiger partial charge in [-0.3, -0.25) is 4.98 Å². The zero-order valence-corrected chi connectivity index (χ0v) is 8.91. The van der Waals surface area contributed by atoms with Crippen LogP contribution in [-0.2, 0) is 0 Å². The number of halogens is 1. The first-order valence-electron chi connectivity index (χ1n) is 4.31. The molecule has 0 saturated carbocycles. The molecular weight excluding hydrogens is 248 g/mol. The highest BCUT2D eigenvalue weighted by Gasteiger charge is 2.24. The van der Waals surface area contributed by atoms with Crippen molar-refractivity contribution >= 4 is 21.9 Å². The Bertz CT molecular complexity index is 377. The summed E-state index contributed by atoms with van der Waals surface area (Å²) >= 11 is 3.27. The minimum absolute atomic E-state index is 0.198. The second-order valence-electron chi connectivity index (χ2n) is 3.16. The number of nitrogens with zero attached hydrogens (tertiary/aromatic N) is 1. The Balaban J connectivity index is 2.40. The van der Waals surface area contributed by atoms with Gasteiger partial charge in [0.15, 0.2) is 0 Å². The van der Waals surface area contributed by atoms with Gasteiger partial charge < -0.3 is 10.4 Å². The zero-order valence-electron chi connectivity index (χ0n) is 7.33. The van der Waals surface area contributed by atoms with E-state index < -0.39 is 5.97 Å². The molecule has 4 nitrogen and oxygen atoms in total. The zero-order chi connectivity index (χ0) is 10.1. The lowest BCUT2D eigenvalue weighted by Crippen LogP contribution is -2.36. The summed E-state index contributed by atoms with van der Waals surface area (Å²) in [6.07, 6.45) is 2.54. The van der Waals surface area contributed by atoms with Crippen LogP contribution in [0.3, 0.4) is 0 Å². The lowest BCUT2D eigenvalue weighted by Gasteiger charge is -2.27. The summed E-state index contributed by atoms with van der Waals surface area (Å²) in [7, 11) is 0. The molecule has 1 aliphatic heterocycles. The van der Waals surface area contributed by atoms with Crippen LogP contribution in [0.2, 0.25) is 0 Å². The molecule has 1 fully saturated rings. The third-order valence-corrected chi connectivity index (χ3v) is 3.13. The Morgan fingerprint density at radius 2 is 2.43 bits per heavy atom. The molecule has 0 aromatic carbocycles. The minimum Gasteiger partial charge on any atom is -0.478 e. The Morgan fingerprint density at radius 1 is 1.71 bits per heavy atom. The summed E-state index contributed by atoms with van der Waals surface area (Å²) in [4.78, 5) is 15.0. The molecule has 1 aromatic heterocycles. The highest BCUT2D eigenvalue weighted by atomic mass is 79.9. The summed E-state index contributed by atoms with van der Waals surface area (Å²) < 4.78 is 0.588. The first kappa shape index (κ1) is 9.61. The molecule has 1 aromatic rings. The first-order valence-corrected chi connectivity index (χ1v) is 5.10. The number of aromatic nitrogens is 1. The van der Waals surface area contributed by atoms with E-state index in [9.17, 15) is 4.79 Å². The number of nitrogens with one attached hydrogen (secondary N) is 1. The Labute approximate surface area is 89.5 Å². The van der Waals surface area contributed by atoms with Gasteiger partial charge in [0.2, 0.25) is 0 Å². The van der Waals surface area contributed by atoms with Crippen LogP contribution in [0.1, 0.15) is 28.5 Å². The maximum absolute atomic E-state index is 10.8. The van der Waals surface area contributed by atoms with Gasteiger partial charge >= 0.3 is 5.97 Å². The highest BCUT2D eigenvalue weighted by Crippen LogP contribution is 2.29. The van der Waals surface area contributed by atoms with Gasteiger partial charge in [-0.05, 0) is 35.0 Å². The lowest BCUT2D eigenvalue weighted by molar-refractivity contribution is 0.0695. The monoisotopic (exact) mass is 256 g/mol. The number of rotatable bonds is 2. The smallest absolute Gasteiger partial charge is 0.336 e. The molecule has 2 N–H and O–H groups in total. The fourth-order valence-electron chi connectivity index (χ4n) is 1.39. The number of carbonyl (C=O) groups is 1. The fourth-order valence-corrected chi connectivity index (χ4v) is 2.07. The van der Waals surface area contributed by atoms with Crippen LogP contribution in [0.25, 0.3) is 0 Å². The second-order valence-corrected chi connectivity index (χ2v) is 3.95. The Kier molecular flexibility index (Phi) is 2.52. The Morgan fingerprint density at radius 3 is 2.93 bits per heavy atom. The molecule has 0 spiro atoms. The number of carboxylic acids is 1. The normalized spacial score (nSPS) is 20.2. The van der Waals surface area contributed by atoms with E-state index in [1.54, 1.807) is 0 Å². The van der Waals surface area contributed by atoms with E-state index in [0.29, 0.717) is 4.47 Å². The van der Waals surface area contributed by atoms with Crippen LogP contribution < -0.4 is 5.32 Å². The molecule has 5 heteroatoms. The van der Waals surface area contributed by atoms with Gasteiger partial charge in [-0.15, -0.1) is 0 Å². The van der Waals surface area contributed by atoms with E-state index in [4.69, 9.17) is 5.11 Å². The summed E-state index contributed by atoms with van der Waals surface area (Å²) in [5.41, 5.74) is 1.06. The van der Waals surface area contributed by atoms with Gasteiger partial charge in [-0.1, -0.05) is 0 Å². The molecule has 2 rings (SSSR count). The van der Waals surface area contributed by atoms with Gasteiger partial charge in [0.1, 0.15) is 0 Å². The van der Waals surface area contributed by atoms with Crippen molar-refractivity contribution in [1.82, 2.24) is 10.3 Å². The topological polar surface area (TPSA) is 62.2 Å². The van der Waals surface area contributed by atoms with Gasteiger partial charge in [0.25, 0.3) is 0 Å². The molecule has 0 aliphatic carbocycles. The van der Waals surface area contributed by atoms with Crippen molar-refractivity contribution in [3.8, 4) is 0 Å². The van der Waals surface area contributed by atoms with Crippen molar-refractivity contribution in [3.05, 3.63) is 28.0 Å². The van der Waals surface area contributed by atoms with Crippen LogP contribution in [0, 0.1) is 0 Å². The van der Waals surface area contributed by atoms with Crippen LogP contribution >= 0.6 is 15.9 Å². The van der Waals surface area contributed by atoms with Crippen LogP contribution in [0.5, 0.6) is 0 Å². The molecule has 1 saturated heterocycles. The maximum atomic E-state index is 10.8. The summed E-state index contributed by atoms with van der Waals surface area (Å²) in [5.74, 6) is -0.931. The molecule has 0 unspecified atom stereocenters. The van der Waals surface area contributed by atoms with Gasteiger partial charge in [-0.25, -0.2) is 4.79 Å². The van der Waals surface area contributed by atoms with Gasteiger partial charge in [0, 0.05) is 6.20 Å². The molecular formula is C9H9BrN2O2. The van der Waals surface area contributed by atoms with Crippen molar-refractivity contribution in [3.63, 3.8) is 0 Å². The average molecular weight is 257 g/mol. The number of hydrogen-bond donors (Lipinski definition) is 2. The number of pyridine rings is 1. The van der Waals surface area contributed by atoms with E-state index in [-0.39, 0.29) is 11.6 Å². The standard InChI is InChI=1S/C9H9BrN2O2/c10-7-5(9(13)14)1-3-12-8(7)6-2-4-11-6/h1,3,6,11H,2,4H2,(H,13,14)/t6-/m1/s1. The largest absolute Gasteiger partial charge is 0.478 e. The molecule has 0 bridgehead atoms. The number of aromatic carboxylic acids is 1. The molecule has 14 heavy (non-hydrogen) atoms. The van der Waals surface area contributed by atoms with Crippen molar-refractivity contribution in [2.45, 2.75) is 12.5 Å². The van der Waals surface area contributed by atoms with E-state index >= 15 is 0 Å². The van der Waals surface area contributed by atoms with Crippen molar-refractivity contribution in [2.24, 2.45) is 0 Å². The highest BCUT2D eigenvalue weighted by molar-refractivity contribution is 9.10. The molecule has 74 valence electrons. The molecule has 1 atom stereocenters. The SMILES string of the molecule is O=C(O)c1ccnc([C@H]2CCN2)c1Br. The Hall–Kier alpha value is -0.940. The van der Waals surface area contributed by atoms with E-state index in [1.165, 1.54) is 12.3 Å². The number of carboxylic acid groups (broad SMARTS) is 1. The molecule has 2 heterocycles. The van der Waals surface area contributed by atoms with Crippen molar-refractivity contribution in [2.75, 3.05) is 6.54 Å². The van der Waals surface area contributed by atoms with E-state index in [1.807, 2.05) is 0 Å². The predicted molar refractivity (Wildman–Crippen MR) is 54.3 cm³/mol. The summed E-state index contributed by atoms with van der Waals surface area (Å²) in [5, 5.41) is 12.1. The van der Waals surface area contributed by atoms with Gasteiger partial charge in [-0.2, -0.15) is 0 Å². The molecule has 0 amide bonds. The maximum Gasteiger partial charge on any atom is 0.336 e. The molecule has 0 radical (unpaired) electrons. The second kappa shape index (κ2) is 3.67. The quantitative estimate of drug-likeness (QED) is 0.844. The first-order chi connectivity index (χ1) is 6.70. The predicted octanol–water partition coefficient (Wildman–Crippen LogP) is 1.58. The summed E-state index contributed by atoms with van der Waals surface area (Å²) in [6, 6.07) is 1.69. The number of hydrogen-bond acceptors (Lipinski definition) is 3.